The van der Waals surface area contributed by atoms with Crippen LogP contribution in [0.2, 0.25) is 0 Å². The van der Waals surface area contributed by atoms with Crippen molar-refractivity contribution in [2.75, 3.05) is 7.11 Å². The van der Waals surface area contributed by atoms with Gasteiger partial charge >= 0.3 is 5.97 Å². The number of methoxy groups -OCH3 is 1. The number of carbonyl (C=O) groups is 1. The lowest BCUT2D eigenvalue weighted by molar-refractivity contribution is -0.140. The molecular formula is C24H38O3. The summed E-state index contributed by atoms with van der Waals surface area (Å²) in [5, 5.41) is 9.99. The molecule has 1 N–H and O–H groups in total. The molecule has 0 saturated heterocycles. The van der Waals surface area contributed by atoms with E-state index in [-0.39, 0.29) is 12.1 Å². The van der Waals surface area contributed by atoms with Crippen LogP contribution in [0.5, 0.6) is 0 Å². The highest BCUT2D eigenvalue weighted by molar-refractivity contribution is 5.68. The molecule has 1 atom stereocenters. The number of unbranched alkanes of at least 4 members (excludes halogenated alkanes) is 4. The van der Waals surface area contributed by atoms with E-state index in [9.17, 15) is 9.90 Å². The minimum absolute atomic E-state index is 0.123. The monoisotopic (exact) mass is 374 g/mol. The molecule has 1 rings (SSSR count). The maximum absolute atomic E-state index is 11.0. The first-order valence-corrected chi connectivity index (χ1v) is 10.6. The van der Waals surface area contributed by atoms with Crippen LogP contribution in [0.4, 0.5) is 0 Å². The Hall–Kier alpha value is -1.61. The quantitative estimate of drug-likeness (QED) is 0.308. The molecule has 1 unspecified atom stereocenters. The van der Waals surface area contributed by atoms with Gasteiger partial charge in [0.25, 0.3) is 0 Å². The van der Waals surface area contributed by atoms with E-state index in [4.69, 9.17) is 0 Å². The van der Waals surface area contributed by atoms with Gasteiger partial charge in [0.2, 0.25) is 0 Å². The Labute approximate surface area is 165 Å². The van der Waals surface area contributed by atoms with Gasteiger partial charge in [0.05, 0.1) is 13.2 Å². The zero-order valence-corrected chi connectivity index (χ0v) is 17.3. The van der Waals surface area contributed by atoms with Gasteiger partial charge in [0, 0.05) is 6.42 Å². The third-order valence-corrected chi connectivity index (χ3v) is 4.86. The molecule has 0 heterocycles. The van der Waals surface area contributed by atoms with Crippen LogP contribution < -0.4 is 0 Å². The topological polar surface area (TPSA) is 46.5 Å². The van der Waals surface area contributed by atoms with E-state index >= 15 is 0 Å². The molecule has 0 aromatic heterocycles. The van der Waals surface area contributed by atoms with E-state index in [2.05, 4.69) is 48.1 Å². The molecule has 1 aliphatic rings. The van der Waals surface area contributed by atoms with Gasteiger partial charge in [0.15, 0.2) is 0 Å². The Balaban J connectivity index is 2.31. The van der Waals surface area contributed by atoms with E-state index in [1.165, 1.54) is 37.5 Å². The molecule has 1 aliphatic carbocycles. The maximum atomic E-state index is 11.0. The molecule has 0 bridgehead atoms. The minimum atomic E-state index is -0.200. The van der Waals surface area contributed by atoms with Crippen LogP contribution in [-0.4, -0.2) is 24.3 Å². The second kappa shape index (κ2) is 15.4. The van der Waals surface area contributed by atoms with Crippen LogP contribution in [0.1, 0.15) is 84.0 Å². The number of rotatable bonds is 13. The van der Waals surface area contributed by atoms with E-state index in [1.54, 1.807) is 0 Å². The van der Waals surface area contributed by atoms with Crippen molar-refractivity contribution in [2.45, 2.75) is 90.1 Å². The van der Waals surface area contributed by atoms with Gasteiger partial charge in [-0.2, -0.15) is 0 Å². The molecule has 0 spiro atoms. The predicted molar refractivity (Wildman–Crippen MR) is 114 cm³/mol. The number of allylic oxidation sites excluding steroid dienone is 7. The summed E-state index contributed by atoms with van der Waals surface area (Å²) in [6.07, 6.45) is 24.9. The predicted octanol–water partition coefficient (Wildman–Crippen LogP) is 6.20. The van der Waals surface area contributed by atoms with Crippen molar-refractivity contribution in [1.82, 2.24) is 0 Å². The Morgan fingerprint density at radius 3 is 2.85 bits per heavy atom. The zero-order valence-electron chi connectivity index (χ0n) is 17.3. The van der Waals surface area contributed by atoms with E-state index in [0.29, 0.717) is 6.42 Å². The molecular weight excluding hydrogens is 336 g/mol. The summed E-state index contributed by atoms with van der Waals surface area (Å²) < 4.78 is 4.64. The van der Waals surface area contributed by atoms with E-state index < -0.39 is 0 Å². The average molecular weight is 375 g/mol. The van der Waals surface area contributed by atoms with Gasteiger partial charge in [-0.15, -0.1) is 0 Å². The Morgan fingerprint density at radius 2 is 2.07 bits per heavy atom. The van der Waals surface area contributed by atoms with Gasteiger partial charge in [0.1, 0.15) is 0 Å². The molecule has 0 aliphatic heterocycles. The van der Waals surface area contributed by atoms with Gasteiger partial charge in [-0.05, 0) is 62.5 Å². The molecule has 0 saturated carbocycles. The van der Waals surface area contributed by atoms with Crippen LogP contribution in [0.25, 0.3) is 0 Å². The highest BCUT2D eigenvalue weighted by Crippen LogP contribution is 2.23. The third kappa shape index (κ3) is 12.4. The number of aliphatic hydroxyl groups is 1. The number of esters is 1. The normalized spacial score (nSPS) is 17.6. The lowest BCUT2D eigenvalue weighted by Crippen LogP contribution is -2.04. The number of aliphatic hydroxyl groups excluding tert-OH is 1. The van der Waals surface area contributed by atoms with Crippen LogP contribution in [0, 0.1) is 0 Å². The van der Waals surface area contributed by atoms with Gasteiger partial charge in [-0.1, -0.05) is 62.6 Å². The zero-order chi connectivity index (χ0) is 19.7. The summed E-state index contributed by atoms with van der Waals surface area (Å²) in [5.41, 5.74) is 2.73. The summed E-state index contributed by atoms with van der Waals surface area (Å²) in [6.45, 7) is 2.19. The van der Waals surface area contributed by atoms with Crippen molar-refractivity contribution in [3.63, 3.8) is 0 Å². The second-order valence-electron chi connectivity index (χ2n) is 7.35. The van der Waals surface area contributed by atoms with Crippen molar-refractivity contribution in [2.24, 2.45) is 0 Å². The average Bonchev–Trinajstić information content (AvgIpc) is 2.67. The van der Waals surface area contributed by atoms with Crippen molar-refractivity contribution < 1.29 is 14.6 Å². The number of carbonyl (C=O) groups excluding carboxylic acids is 1. The fraction of sp³-hybridized carbons (Fsp3) is 0.625. The van der Waals surface area contributed by atoms with Crippen molar-refractivity contribution >= 4 is 5.97 Å². The number of hydrogen-bond acceptors (Lipinski definition) is 3. The molecule has 152 valence electrons. The second-order valence-corrected chi connectivity index (χ2v) is 7.35. The molecule has 0 aromatic rings. The molecule has 0 fully saturated rings. The van der Waals surface area contributed by atoms with Crippen molar-refractivity contribution in [3.8, 4) is 0 Å². The first-order valence-electron chi connectivity index (χ1n) is 10.6. The van der Waals surface area contributed by atoms with Gasteiger partial charge < -0.3 is 9.84 Å². The Bertz CT molecular complexity index is 526. The fourth-order valence-corrected chi connectivity index (χ4v) is 3.19. The highest BCUT2D eigenvalue weighted by Gasteiger charge is 2.05. The molecule has 0 aromatic carbocycles. The molecule has 3 heteroatoms. The van der Waals surface area contributed by atoms with Crippen LogP contribution in [0.15, 0.2) is 47.6 Å². The fourth-order valence-electron chi connectivity index (χ4n) is 3.19. The van der Waals surface area contributed by atoms with Crippen molar-refractivity contribution in [1.29, 1.82) is 0 Å². The Kier molecular flexibility index (Phi) is 13.4. The molecule has 27 heavy (non-hydrogen) atoms. The highest BCUT2D eigenvalue weighted by atomic mass is 16.5. The SMILES string of the molecule is CCCCCC(O)C/C=C/C1=CC(=C\C=C\CCCCC(=O)OC)/CCC1. The largest absolute Gasteiger partial charge is 0.469 e. The number of ether oxygens (including phenoxy) is 1. The summed E-state index contributed by atoms with van der Waals surface area (Å²) >= 11 is 0. The molecule has 0 radical (unpaired) electrons. The maximum Gasteiger partial charge on any atom is 0.305 e. The first-order chi connectivity index (χ1) is 13.2. The Morgan fingerprint density at radius 1 is 1.22 bits per heavy atom. The van der Waals surface area contributed by atoms with Crippen LogP contribution >= 0.6 is 0 Å². The number of hydrogen-bond donors (Lipinski definition) is 1. The summed E-state index contributed by atoms with van der Waals surface area (Å²) in [5.74, 6) is -0.123. The summed E-state index contributed by atoms with van der Waals surface area (Å²) in [4.78, 5) is 11.0. The standard InChI is InChI=1S/C24H38O3/c1-3-4-8-17-23(25)18-12-16-22-15-11-14-21(20-22)13-9-6-5-7-10-19-24(26)27-2/h6,9,12-13,16,20,23,25H,3-5,7-8,10-11,14-15,17-19H2,1-2H3/b9-6+,16-12+,21-13-. The molecule has 3 nitrogen and oxygen atoms in total. The van der Waals surface area contributed by atoms with Gasteiger partial charge in [-0.25, -0.2) is 0 Å². The van der Waals surface area contributed by atoms with Gasteiger partial charge in [-0.3, -0.25) is 4.79 Å². The lowest BCUT2D eigenvalue weighted by Gasteiger charge is -2.12. The van der Waals surface area contributed by atoms with Crippen molar-refractivity contribution in [3.05, 3.63) is 47.6 Å². The van der Waals surface area contributed by atoms with Crippen LogP contribution in [0.3, 0.4) is 0 Å². The smallest absolute Gasteiger partial charge is 0.305 e. The third-order valence-electron chi connectivity index (χ3n) is 4.86. The lowest BCUT2D eigenvalue weighted by atomic mass is 9.94. The summed E-state index contributed by atoms with van der Waals surface area (Å²) in [7, 11) is 1.44. The molecule has 0 amide bonds. The minimum Gasteiger partial charge on any atom is -0.469 e. The van der Waals surface area contributed by atoms with E-state index in [1.807, 2.05) is 0 Å². The van der Waals surface area contributed by atoms with E-state index in [0.717, 1.165) is 51.4 Å². The van der Waals surface area contributed by atoms with Crippen LogP contribution in [-0.2, 0) is 9.53 Å². The first kappa shape index (κ1) is 23.4. The summed E-state index contributed by atoms with van der Waals surface area (Å²) in [6, 6.07) is 0.